The Kier molecular flexibility index (Phi) is 4.94. The molecule has 0 fully saturated rings. The summed E-state index contributed by atoms with van der Waals surface area (Å²) >= 11 is 0. The lowest BCUT2D eigenvalue weighted by atomic mass is 9.89. The number of hydrogen-bond acceptors (Lipinski definition) is 2. The third kappa shape index (κ3) is 3.82. The van der Waals surface area contributed by atoms with Crippen molar-refractivity contribution in [2.75, 3.05) is 5.32 Å². The lowest BCUT2D eigenvalue weighted by Crippen LogP contribution is -2.32. The summed E-state index contributed by atoms with van der Waals surface area (Å²) in [7, 11) is 0. The Labute approximate surface area is 142 Å². The predicted molar refractivity (Wildman–Crippen MR) is 94.5 cm³/mol. The molecule has 2 aromatic carbocycles. The molecule has 2 amide bonds. The second kappa shape index (κ2) is 7.30. The summed E-state index contributed by atoms with van der Waals surface area (Å²) in [4.78, 5) is 24.3. The topological polar surface area (TPSA) is 58.2 Å². The molecule has 1 heterocycles. The Morgan fingerprint density at radius 1 is 1.17 bits per heavy atom. The summed E-state index contributed by atoms with van der Waals surface area (Å²) in [6, 6.07) is 17.7. The Bertz CT molecular complexity index is 727. The summed E-state index contributed by atoms with van der Waals surface area (Å²) < 4.78 is 0. The van der Waals surface area contributed by atoms with Gasteiger partial charge in [-0.3, -0.25) is 9.59 Å². The van der Waals surface area contributed by atoms with E-state index in [1.165, 1.54) is 0 Å². The smallest absolute Gasteiger partial charge is 0.227 e. The van der Waals surface area contributed by atoms with Gasteiger partial charge in [-0.25, -0.2) is 0 Å². The van der Waals surface area contributed by atoms with Crippen molar-refractivity contribution in [3.05, 3.63) is 65.7 Å². The van der Waals surface area contributed by atoms with Crippen molar-refractivity contribution in [1.29, 1.82) is 0 Å². The van der Waals surface area contributed by atoms with Crippen LogP contribution in [0.4, 0.5) is 5.69 Å². The number of carbonyl (C=O) groups excluding carboxylic acids is 2. The second-order valence-corrected chi connectivity index (χ2v) is 6.29. The molecular formula is C20H22N2O2. The summed E-state index contributed by atoms with van der Waals surface area (Å²) in [5, 5.41) is 5.93. The maximum absolute atomic E-state index is 12.2. The lowest BCUT2D eigenvalue weighted by molar-refractivity contribution is -0.123. The maximum atomic E-state index is 12.2. The largest absolute Gasteiger partial charge is 0.350 e. The van der Waals surface area contributed by atoms with Gasteiger partial charge in [0, 0.05) is 18.0 Å². The zero-order chi connectivity index (χ0) is 16.9. The van der Waals surface area contributed by atoms with Crippen LogP contribution in [0, 0.1) is 5.92 Å². The van der Waals surface area contributed by atoms with Gasteiger partial charge in [0.15, 0.2) is 0 Å². The highest BCUT2D eigenvalue weighted by atomic mass is 16.2. The number of rotatable bonds is 5. The molecule has 2 aromatic rings. The SMILES string of the molecule is C[C@H](NC(=O)CC[C@@H]1Cc2ccccc2NC1=O)c1ccccc1. The minimum atomic E-state index is -0.141. The third-order valence-electron chi connectivity index (χ3n) is 4.51. The van der Waals surface area contributed by atoms with Crippen LogP contribution in [-0.4, -0.2) is 11.8 Å². The van der Waals surface area contributed by atoms with E-state index in [0.29, 0.717) is 19.3 Å². The van der Waals surface area contributed by atoms with Crippen molar-refractivity contribution in [1.82, 2.24) is 5.32 Å². The van der Waals surface area contributed by atoms with Gasteiger partial charge in [0.05, 0.1) is 6.04 Å². The molecule has 1 aliphatic rings. The van der Waals surface area contributed by atoms with E-state index < -0.39 is 0 Å². The Hall–Kier alpha value is -2.62. The van der Waals surface area contributed by atoms with Gasteiger partial charge in [0.25, 0.3) is 0 Å². The monoisotopic (exact) mass is 322 g/mol. The van der Waals surface area contributed by atoms with Crippen LogP contribution in [0.15, 0.2) is 54.6 Å². The molecule has 0 saturated carbocycles. The number of fused-ring (bicyclic) bond motifs is 1. The number of anilines is 1. The zero-order valence-electron chi connectivity index (χ0n) is 13.8. The number of amides is 2. The molecule has 0 unspecified atom stereocenters. The van der Waals surface area contributed by atoms with E-state index in [1.54, 1.807) is 0 Å². The molecule has 0 aromatic heterocycles. The van der Waals surface area contributed by atoms with Gasteiger partial charge in [0.1, 0.15) is 0 Å². The first kappa shape index (κ1) is 16.2. The first-order valence-electron chi connectivity index (χ1n) is 8.36. The summed E-state index contributed by atoms with van der Waals surface area (Å²) in [6.07, 6.45) is 1.62. The van der Waals surface area contributed by atoms with E-state index in [-0.39, 0.29) is 23.8 Å². The average Bonchev–Trinajstić information content (AvgIpc) is 2.60. The molecule has 4 heteroatoms. The Morgan fingerprint density at radius 3 is 2.67 bits per heavy atom. The number of carbonyl (C=O) groups is 2. The lowest BCUT2D eigenvalue weighted by Gasteiger charge is -2.24. The van der Waals surface area contributed by atoms with Gasteiger partial charge < -0.3 is 10.6 Å². The minimum absolute atomic E-state index is 0.0117. The fraction of sp³-hybridized carbons (Fsp3) is 0.300. The van der Waals surface area contributed by atoms with Gasteiger partial charge in [-0.1, -0.05) is 48.5 Å². The molecule has 0 saturated heterocycles. The normalized spacial score (nSPS) is 17.5. The molecule has 0 bridgehead atoms. The van der Waals surface area contributed by atoms with Crippen LogP contribution in [0.2, 0.25) is 0 Å². The molecule has 24 heavy (non-hydrogen) atoms. The Balaban J connectivity index is 1.52. The van der Waals surface area contributed by atoms with Crippen LogP contribution in [0.1, 0.15) is 36.9 Å². The number of hydrogen-bond donors (Lipinski definition) is 2. The van der Waals surface area contributed by atoms with E-state index in [1.807, 2.05) is 61.5 Å². The number of nitrogens with one attached hydrogen (secondary N) is 2. The van der Waals surface area contributed by atoms with E-state index in [0.717, 1.165) is 16.8 Å². The summed E-state index contributed by atoms with van der Waals surface area (Å²) in [6.45, 7) is 1.97. The standard InChI is InChI=1S/C20H22N2O2/c1-14(15-7-3-2-4-8-15)21-19(23)12-11-17-13-16-9-5-6-10-18(16)22-20(17)24/h2-10,14,17H,11-13H2,1H3,(H,21,23)(H,22,24)/t14-,17+/m0/s1. The van der Waals surface area contributed by atoms with E-state index in [9.17, 15) is 9.59 Å². The van der Waals surface area contributed by atoms with E-state index >= 15 is 0 Å². The van der Waals surface area contributed by atoms with Gasteiger partial charge in [-0.15, -0.1) is 0 Å². The van der Waals surface area contributed by atoms with Gasteiger partial charge in [-0.2, -0.15) is 0 Å². The zero-order valence-corrected chi connectivity index (χ0v) is 13.8. The Morgan fingerprint density at radius 2 is 1.88 bits per heavy atom. The van der Waals surface area contributed by atoms with Crippen LogP contribution in [0.25, 0.3) is 0 Å². The molecule has 2 N–H and O–H groups in total. The van der Waals surface area contributed by atoms with Crippen molar-refractivity contribution in [3.63, 3.8) is 0 Å². The van der Waals surface area contributed by atoms with Crippen LogP contribution in [-0.2, 0) is 16.0 Å². The van der Waals surface area contributed by atoms with Crippen LogP contribution >= 0.6 is 0 Å². The van der Waals surface area contributed by atoms with E-state index in [2.05, 4.69) is 10.6 Å². The first-order chi connectivity index (χ1) is 11.6. The summed E-state index contributed by atoms with van der Waals surface area (Å²) in [5.74, 6) is -0.145. The molecule has 4 nitrogen and oxygen atoms in total. The molecule has 2 atom stereocenters. The minimum Gasteiger partial charge on any atom is -0.350 e. The fourth-order valence-electron chi connectivity index (χ4n) is 3.09. The molecule has 1 aliphatic heterocycles. The van der Waals surface area contributed by atoms with Gasteiger partial charge >= 0.3 is 0 Å². The van der Waals surface area contributed by atoms with Crippen molar-refractivity contribution >= 4 is 17.5 Å². The van der Waals surface area contributed by atoms with Crippen molar-refractivity contribution in [2.45, 2.75) is 32.2 Å². The fourth-order valence-corrected chi connectivity index (χ4v) is 3.09. The molecule has 3 rings (SSSR count). The second-order valence-electron chi connectivity index (χ2n) is 6.29. The number of para-hydroxylation sites is 1. The highest BCUT2D eigenvalue weighted by molar-refractivity contribution is 5.96. The summed E-state index contributed by atoms with van der Waals surface area (Å²) in [5.41, 5.74) is 3.11. The average molecular weight is 322 g/mol. The number of benzene rings is 2. The third-order valence-corrected chi connectivity index (χ3v) is 4.51. The van der Waals surface area contributed by atoms with Crippen molar-refractivity contribution in [2.24, 2.45) is 5.92 Å². The molecular weight excluding hydrogens is 300 g/mol. The highest BCUT2D eigenvalue weighted by Gasteiger charge is 2.26. The quantitative estimate of drug-likeness (QED) is 0.886. The maximum Gasteiger partial charge on any atom is 0.227 e. The first-order valence-corrected chi connectivity index (χ1v) is 8.36. The van der Waals surface area contributed by atoms with Crippen LogP contribution < -0.4 is 10.6 Å². The van der Waals surface area contributed by atoms with Crippen LogP contribution in [0.3, 0.4) is 0 Å². The van der Waals surface area contributed by atoms with Crippen molar-refractivity contribution < 1.29 is 9.59 Å². The molecule has 0 radical (unpaired) electrons. The predicted octanol–water partition coefficient (Wildman–Crippen LogP) is 3.46. The molecule has 0 aliphatic carbocycles. The highest BCUT2D eigenvalue weighted by Crippen LogP contribution is 2.27. The van der Waals surface area contributed by atoms with Gasteiger partial charge in [-0.05, 0) is 37.0 Å². The van der Waals surface area contributed by atoms with Gasteiger partial charge in [0.2, 0.25) is 11.8 Å². The van der Waals surface area contributed by atoms with Crippen LogP contribution in [0.5, 0.6) is 0 Å². The molecule has 124 valence electrons. The van der Waals surface area contributed by atoms with Crippen molar-refractivity contribution in [3.8, 4) is 0 Å². The van der Waals surface area contributed by atoms with E-state index in [4.69, 9.17) is 0 Å². The molecule has 0 spiro atoms.